The van der Waals surface area contributed by atoms with Crippen LogP contribution < -0.4 is 0 Å². The third-order valence-electron chi connectivity index (χ3n) is 0.795. The maximum absolute atomic E-state index is 12.3. The predicted octanol–water partition coefficient (Wildman–Crippen LogP) is 2.16. The number of rotatable bonds is 0. The van der Waals surface area contributed by atoms with Gasteiger partial charge in [0.25, 0.3) is 0 Å². The van der Waals surface area contributed by atoms with E-state index in [4.69, 9.17) is 11.6 Å². The Hall–Kier alpha value is -0.280. The summed E-state index contributed by atoms with van der Waals surface area (Å²) in [6.45, 7) is 0. The summed E-state index contributed by atoms with van der Waals surface area (Å²) in [5.74, 6) is -0.633. The minimum Gasteiger partial charge on any atom is -0.207 e. The molecule has 9 heavy (non-hydrogen) atoms. The Morgan fingerprint density at radius 2 is 2.22 bits per heavy atom. The number of halogens is 2. The van der Waals surface area contributed by atoms with Crippen molar-refractivity contribution in [2.75, 3.05) is 0 Å². The SMILES string of the molecule is Fc1nc(Cl)ccc1S. The van der Waals surface area contributed by atoms with Crippen molar-refractivity contribution >= 4 is 24.2 Å². The molecule has 1 aromatic rings. The summed E-state index contributed by atoms with van der Waals surface area (Å²) in [6, 6.07) is 2.93. The summed E-state index contributed by atoms with van der Waals surface area (Å²) in [7, 11) is 0. The lowest BCUT2D eigenvalue weighted by atomic mass is 10.5. The van der Waals surface area contributed by atoms with Gasteiger partial charge in [0.2, 0.25) is 5.95 Å². The molecule has 0 aliphatic heterocycles. The van der Waals surface area contributed by atoms with Crippen LogP contribution in [0.25, 0.3) is 0 Å². The first-order valence-corrected chi connectivity index (χ1v) is 3.03. The van der Waals surface area contributed by atoms with Gasteiger partial charge in [-0.1, -0.05) is 11.6 Å². The molecule has 4 heteroatoms. The molecular formula is C5H3ClFNS. The van der Waals surface area contributed by atoms with Gasteiger partial charge in [-0.3, -0.25) is 0 Å². The van der Waals surface area contributed by atoms with Gasteiger partial charge in [0.15, 0.2) is 0 Å². The molecule has 0 aliphatic rings. The number of nitrogens with zero attached hydrogens (tertiary/aromatic N) is 1. The Morgan fingerprint density at radius 1 is 1.56 bits per heavy atom. The zero-order valence-corrected chi connectivity index (χ0v) is 5.96. The standard InChI is InChI=1S/C5H3ClFNS/c6-4-2-1-3(9)5(7)8-4/h1-2,9H. The van der Waals surface area contributed by atoms with Gasteiger partial charge in [-0.2, -0.15) is 4.39 Å². The van der Waals surface area contributed by atoms with Crippen LogP contribution in [-0.2, 0) is 0 Å². The maximum atomic E-state index is 12.3. The molecule has 0 amide bonds. The van der Waals surface area contributed by atoms with Crippen molar-refractivity contribution in [2.24, 2.45) is 0 Å². The minimum atomic E-state index is -0.633. The van der Waals surface area contributed by atoms with Gasteiger partial charge < -0.3 is 0 Å². The fraction of sp³-hybridized carbons (Fsp3) is 0. The molecule has 0 saturated heterocycles. The van der Waals surface area contributed by atoms with Crippen molar-refractivity contribution in [3.8, 4) is 0 Å². The topological polar surface area (TPSA) is 12.9 Å². The molecule has 0 spiro atoms. The van der Waals surface area contributed by atoms with Gasteiger partial charge in [0.05, 0.1) is 4.90 Å². The summed E-state index contributed by atoms with van der Waals surface area (Å²) in [5.41, 5.74) is 0. The fourth-order valence-corrected chi connectivity index (χ4v) is 0.667. The van der Waals surface area contributed by atoms with E-state index in [1.165, 1.54) is 12.1 Å². The van der Waals surface area contributed by atoms with Crippen LogP contribution in [0.15, 0.2) is 17.0 Å². The molecule has 1 nitrogen and oxygen atoms in total. The van der Waals surface area contributed by atoms with Crippen molar-refractivity contribution in [1.82, 2.24) is 4.98 Å². The highest BCUT2D eigenvalue weighted by Crippen LogP contribution is 2.12. The third kappa shape index (κ3) is 1.56. The first-order valence-electron chi connectivity index (χ1n) is 2.21. The van der Waals surface area contributed by atoms with Gasteiger partial charge in [0.1, 0.15) is 5.15 Å². The number of pyridine rings is 1. The summed E-state index contributed by atoms with van der Waals surface area (Å²) in [6.07, 6.45) is 0. The van der Waals surface area contributed by atoms with Gasteiger partial charge in [0, 0.05) is 0 Å². The molecule has 0 aromatic carbocycles. The van der Waals surface area contributed by atoms with Crippen LogP contribution in [0.4, 0.5) is 4.39 Å². The van der Waals surface area contributed by atoms with E-state index in [0.717, 1.165) is 0 Å². The molecule has 1 heterocycles. The van der Waals surface area contributed by atoms with Crippen molar-refractivity contribution in [1.29, 1.82) is 0 Å². The number of aromatic nitrogens is 1. The van der Waals surface area contributed by atoms with Crippen LogP contribution in [0.3, 0.4) is 0 Å². The average molecular weight is 164 g/mol. The van der Waals surface area contributed by atoms with Gasteiger partial charge in [-0.15, -0.1) is 12.6 Å². The van der Waals surface area contributed by atoms with Crippen molar-refractivity contribution in [3.63, 3.8) is 0 Å². The molecule has 1 aromatic heterocycles. The molecule has 0 aliphatic carbocycles. The van der Waals surface area contributed by atoms with E-state index in [9.17, 15) is 4.39 Å². The Balaban J connectivity index is 3.17. The molecule has 0 N–H and O–H groups in total. The fourth-order valence-electron chi connectivity index (χ4n) is 0.405. The highest BCUT2D eigenvalue weighted by atomic mass is 35.5. The molecule has 48 valence electrons. The van der Waals surface area contributed by atoms with Gasteiger partial charge in [-0.05, 0) is 12.1 Å². The quantitative estimate of drug-likeness (QED) is 0.457. The van der Waals surface area contributed by atoms with Crippen molar-refractivity contribution in [2.45, 2.75) is 4.90 Å². The van der Waals surface area contributed by atoms with E-state index in [2.05, 4.69) is 17.6 Å². The van der Waals surface area contributed by atoms with Gasteiger partial charge in [-0.25, -0.2) is 4.98 Å². The number of hydrogen-bond donors (Lipinski definition) is 1. The molecule has 0 fully saturated rings. The second kappa shape index (κ2) is 2.54. The van der Waals surface area contributed by atoms with E-state index in [0.29, 0.717) is 0 Å². The Bertz CT molecular complexity index is 228. The smallest absolute Gasteiger partial charge is 0.207 e. The average Bonchev–Trinajstić information content (AvgIpc) is 1.80. The summed E-state index contributed by atoms with van der Waals surface area (Å²) in [5, 5.41) is 0.144. The van der Waals surface area contributed by atoms with Crippen LogP contribution >= 0.6 is 24.2 Å². The van der Waals surface area contributed by atoms with E-state index >= 15 is 0 Å². The van der Waals surface area contributed by atoms with E-state index in [1.54, 1.807) is 0 Å². The third-order valence-corrected chi connectivity index (χ3v) is 1.34. The molecule has 0 saturated carbocycles. The normalized spacial score (nSPS) is 9.67. The summed E-state index contributed by atoms with van der Waals surface area (Å²) in [4.78, 5) is 3.50. The summed E-state index contributed by atoms with van der Waals surface area (Å²) < 4.78 is 12.3. The second-order valence-electron chi connectivity index (χ2n) is 1.44. The lowest BCUT2D eigenvalue weighted by Gasteiger charge is -1.91. The summed E-state index contributed by atoms with van der Waals surface area (Å²) >= 11 is 9.08. The lowest BCUT2D eigenvalue weighted by Crippen LogP contribution is -1.83. The van der Waals surface area contributed by atoms with Crippen LogP contribution in [0, 0.1) is 5.95 Å². The van der Waals surface area contributed by atoms with Crippen LogP contribution in [0.2, 0.25) is 5.15 Å². The van der Waals surface area contributed by atoms with Gasteiger partial charge >= 0.3 is 0 Å². The van der Waals surface area contributed by atoms with Crippen molar-refractivity contribution in [3.05, 3.63) is 23.2 Å². The zero-order valence-electron chi connectivity index (χ0n) is 4.31. The Morgan fingerprint density at radius 3 is 2.67 bits per heavy atom. The first-order chi connectivity index (χ1) is 4.20. The van der Waals surface area contributed by atoms with E-state index < -0.39 is 5.95 Å². The highest BCUT2D eigenvalue weighted by molar-refractivity contribution is 7.80. The molecular weight excluding hydrogens is 161 g/mol. The Kier molecular flexibility index (Phi) is 1.93. The molecule has 0 bridgehead atoms. The lowest BCUT2D eigenvalue weighted by molar-refractivity contribution is 0.558. The second-order valence-corrected chi connectivity index (χ2v) is 2.31. The number of thiol groups is 1. The first kappa shape index (κ1) is 6.83. The van der Waals surface area contributed by atoms with Crippen LogP contribution in [-0.4, -0.2) is 4.98 Å². The predicted molar refractivity (Wildman–Crippen MR) is 36.5 cm³/mol. The molecule has 0 unspecified atom stereocenters. The van der Waals surface area contributed by atoms with Crippen molar-refractivity contribution < 1.29 is 4.39 Å². The number of hydrogen-bond acceptors (Lipinski definition) is 2. The largest absolute Gasteiger partial charge is 0.227 e. The Labute approximate surface area is 62.3 Å². The molecule has 1 rings (SSSR count). The van der Waals surface area contributed by atoms with Crippen LogP contribution in [0.1, 0.15) is 0 Å². The maximum Gasteiger partial charge on any atom is 0.227 e. The zero-order chi connectivity index (χ0) is 6.85. The molecule has 0 radical (unpaired) electrons. The molecule has 0 atom stereocenters. The van der Waals surface area contributed by atoms with E-state index in [-0.39, 0.29) is 10.0 Å². The van der Waals surface area contributed by atoms with Crippen LogP contribution in [0.5, 0.6) is 0 Å². The minimum absolute atomic E-state index is 0.144. The van der Waals surface area contributed by atoms with E-state index in [1.807, 2.05) is 0 Å². The highest BCUT2D eigenvalue weighted by Gasteiger charge is 1.97. The monoisotopic (exact) mass is 163 g/mol.